The fourth-order valence-electron chi connectivity index (χ4n) is 4.38. The third-order valence-corrected chi connectivity index (χ3v) is 5.99. The molecular formula is C29H32O3. The highest BCUT2D eigenvalue weighted by Crippen LogP contribution is 2.38. The Balaban J connectivity index is 1.72. The molecule has 0 aromatic heterocycles. The number of rotatable bonds is 6. The van der Waals surface area contributed by atoms with Crippen molar-refractivity contribution in [3.05, 3.63) is 60.2 Å². The van der Waals surface area contributed by atoms with Crippen molar-refractivity contribution in [2.24, 2.45) is 0 Å². The molecule has 166 valence electrons. The summed E-state index contributed by atoms with van der Waals surface area (Å²) in [6, 6.07) is 18.9. The molecule has 3 nitrogen and oxygen atoms in total. The Morgan fingerprint density at radius 3 is 2.00 bits per heavy atom. The van der Waals surface area contributed by atoms with Gasteiger partial charge < -0.3 is 5.11 Å². The smallest absolute Gasteiger partial charge is 0.158 e. The van der Waals surface area contributed by atoms with Crippen LogP contribution in [-0.4, -0.2) is 16.3 Å². The maximum absolute atomic E-state index is 11.4. The molecule has 0 aliphatic rings. The molecule has 3 heteroatoms. The van der Waals surface area contributed by atoms with Crippen LogP contribution in [0, 0.1) is 11.8 Å². The van der Waals surface area contributed by atoms with Crippen molar-refractivity contribution in [2.75, 3.05) is 0 Å². The van der Waals surface area contributed by atoms with Crippen LogP contribution in [0.15, 0.2) is 54.6 Å². The Kier molecular flexibility index (Phi) is 5.67. The molecule has 0 saturated carbocycles. The summed E-state index contributed by atoms with van der Waals surface area (Å²) in [5.74, 6) is 6.15. The van der Waals surface area contributed by atoms with E-state index in [-0.39, 0.29) is 5.60 Å². The van der Waals surface area contributed by atoms with Crippen LogP contribution in [-0.2, 0) is 15.4 Å². The summed E-state index contributed by atoms with van der Waals surface area (Å²) in [6.07, 6.45) is 1.89. The summed E-state index contributed by atoms with van der Waals surface area (Å²) in [5.41, 5.74) is -1.80. The number of aliphatic hydroxyl groups is 1. The van der Waals surface area contributed by atoms with Crippen molar-refractivity contribution < 1.29 is 14.9 Å². The zero-order chi connectivity index (χ0) is 23.1. The van der Waals surface area contributed by atoms with Crippen molar-refractivity contribution in [1.29, 1.82) is 0 Å². The second-order valence-electron chi connectivity index (χ2n) is 9.98. The Hall–Kier alpha value is -2.64. The minimum absolute atomic E-state index is 0.387. The maximum atomic E-state index is 11.4. The Morgan fingerprint density at radius 1 is 0.750 bits per heavy atom. The van der Waals surface area contributed by atoms with Crippen LogP contribution in [0.4, 0.5) is 0 Å². The van der Waals surface area contributed by atoms with Crippen LogP contribution < -0.4 is 0 Å². The molecule has 0 aliphatic heterocycles. The van der Waals surface area contributed by atoms with E-state index in [1.54, 1.807) is 6.92 Å². The topological polar surface area (TPSA) is 38.7 Å². The van der Waals surface area contributed by atoms with Crippen LogP contribution >= 0.6 is 0 Å². The Labute approximate surface area is 190 Å². The molecular weight excluding hydrogens is 396 g/mol. The number of hydrogen-bond donors (Lipinski definition) is 1. The monoisotopic (exact) mass is 428 g/mol. The van der Waals surface area contributed by atoms with Crippen molar-refractivity contribution >= 4 is 32.3 Å². The predicted octanol–water partition coefficient (Wildman–Crippen LogP) is 7.10. The lowest BCUT2D eigenvalue weighted by molar-refractivity contribution is -0.389. The molecule has 0 radical (unpaired) electrons. The van der Waals surface area contributed by atoms with Gasteiger partial charge in [-0.15, -0.1) is 0 Å². The lowest BCUT2D eigenvalue weighted by Crippen LogP contribution is -2.32. The number of hydrogen-bond acceptors (Lipinski definition) is 3. The van der Waals surface area contributed by atoms with Crippen LogP contribution in [0.5, 0.6) is 0 Å². The summed E-state index contributed by atoms with van der Waals surface area (Å²) < 4.78 is 0. The molecule has 0 saturated heterocycles. The summed E-state index contributed by atoms with van der Waals surface area (Å²) in [5, 5.41) is 18.4. The molecule has 0 heterocycles. The highest BCUT2D eigenvalue weighted by Gasteiger charge is 2.28. The first-order valence-corrected chi connectivity index (χ1v) is 11.3. The van der Waals surface area contributed by atoms with Gasteiger partial charge in [0.15, 0.2) is 5.60 Å². The minimum Gasteiger partial charge on any atom is -0.374 e. The molecule has 0 fully saturated rings. The third-order valence-electron chi connectivity index (χ3n) is 5.99. The van der Waals surface area contributed by atoms with Gasteiger partial charge in [-0.05, 0) is 73.4 Å². The first-order chi connectivity index (χ1) is 15.0. The Bertz CT molecular complexity index is 1300. The first kappa shape index (κ1) is 22.6. The van der Waals surface area contributed by atoms with Crippen molar-refractivity contribution in [3.8, 4) is 11.8 Å². The van der Waals surface area contributed by atoms with Gasteiger partial charge >= 0.3 is 0 Å². The second-order valence-corrected chi connectivity index (χ2v) is 9.98. The molecule has 0 aliphatic carbocycles. The summed E-state index contributed by atoms with van der Waals surface area (Å²) in [6.45, 7) is 11.6. The van der Waals surface area contributed by atoms with E-state index in [9.17, 15) is 5.11 Å². The van der Waals surface area contributed by atoms with Gasteiger partial charge in [-0.3, -0.25) is 0 Å². The van der Waals surface area contributed by atoms with Gasteiger partial charge in [0.05, 0.1) is 5.60 Å². The van der Waals surface area contributed by atoms with Gasteiger partial charge in [0, 0.05) is 5.56 Å². The largest absolute Gasteiger partial charge is 0.374 e. The summed E-state index contributed by atoms with van der Waals surface area (Å²) >= 11 is 0. The summed E-state index contributed by atoms with van der Waals surface area (Å²) in [7, 11) is 0. The van der Waals surface area contributed by atoms with Crippen LogP contribution in [0.2, 0.25) is 0 Å². The molecule has 1 unspecified atom stereocenters. The van der Waals surface area contributed by atoms with Crippen molar-refractivity contribution in [2.45, 2.75) is 71.2 Å². The van der Waals surface area contributed by atoms with Crippen molar-refractivity contribution in [1.82, 2.24) is 0 Å². The molecule has 0 spiro atoms. The van der Waals surface area contributed by atoms with Gasteiger partial charge in [0.1, 0.15) is 5.60 Å². The quantitative estimate of drug-likeness (QED) is 0.154. The van der Waals surface area contributed by atoms with Crippen LogP contribution in [0.25, 0.3) is 32.3 Å². The van der Waals surface area contributed by atoms with Gasteiger partial charge in [0.2, 0.25) is 0 Å². The fourth-order valence-corrected chi connectivity index (χ4v) is 4.38. The first-order valence-electron chi connectivity index (χ1n) is 11.3. The average molecular weight is 429 g/mol. The minimum atomic E-state index is -1.35. The molecule has 4 aromatic rings. The SMILES string of the molecule is CCCC(C)(C)OOC(C)(C)C#CC(C)(O)c1ccc2ccc3cccc4ccc1c2c34. The van der Waals surface area contributed by atoms with E-state index in [0.717, 1.165) is 29.2 Å². The van der Waals surface area contributed by atoms with Crippen LogP contribution in [0.3, 0.4) is 0 Å². The molecule has 1 N–H and O–H groups in total. The summed E-state index contributed by atoms with van der Waals surface area (Å²) in [4.78, 5) is 11.3. The highest BCUT2D eigenvalue weighted by atomic mass is 17.2. The second kappa shape index (κ2) is 8.05. The predicted molar refractivity (Wildman–Crippen MR) is 133 cm³/mol. The molecule has 4 rings (SSSR count). The fraction of sp³-hybridized carbons (Fsp3) is 0.379. The third kappa shape index (κ3) is 4.32. The molecule has 4 aromatic carbocycles. The highest BCUT2D eigenvalue weighted by molar-refractivity contribution is 6.23. The zero-order valence-corrected chi connectivity index (χ0v) is 19.9. The molecule has 32 heavy (non-hydrogen) atoms. The van der Waals surface area contributed by atoms with E-state index < -0.39 is 11.2 Å². The van der Waals surface area contributed by atoms with E-state index in [1.165, 1.54) is 21.5 Å². The standard InChI is InChI=1S/C29H32O3/c1-7-17-27(2,3)31-32-28(4,5)18-19-29(6,30)24-16-14-22-12-11-20-9-8-10-21-13-15-23(24)26(22)25(20)21/h8-16,30H,7,17H2,1-6H3. The molecule has 0 bridgehead atoms. The number of benzene rings is 4. The van der Waals surface area contributed by atoms with Crippen LogP contribution in [0.1, 0.15) is 59.9 Å². The van der Waals surface area contributed by atoms with Crippen molar-refractivity contribution in [3.63, 3.8) is 0 Å². The van der Waals surface area contributed by atoms with E-state index >= 15 is 0 Å². The normalized spacial score (nSPS) is 14.6. The maximum Gasteiger partial charge on any atom is 0.158 e. The Morgan fingerprint density at radius 2 is 1.34 bits per heavy atom. The molecule has 1 atom stereocenters. The lowest BCUT2D eigenvalue weighted by atomic mass is 9.86. The van der Waals surface area contributed by atoms with E-state index in [0.29, 0.717) is 0 Å². The van der Waals surface area contributed by atoms with E-state index in [1.807, 2.05) is 33.8 Å². The van der Waals surface area contributed by atoms with Gasteiger partial charge in [0.25, 0.3) is 0 Å². The van der Waals surface area contributed by atoms with Gasteiger partial charge in [-0.2, -0.15) is 0 Å². The average Bonchev–Trinajstić information content (AvgIpc) is 2.75. The lowest BCUT2D eigenvalue weighted by Gasteiger charge is -2.28. The van der Waals surface area contributed by atoms with E-state index in [2.05, 4.69) is 67.3 Å². The zero-order valence-electron chi connectivity index (χ0n) is 19.9. The van der Waals surface area contributed by atoms with E-state index in [4.69, 9.17) is 9.78 Å². The molecule has 0 amide bonds. The van der Waals surface area contributed by atoms with Gasteiger partial charge in [-0.1, -0.05) is 79.8 Å². The van der Waals surface area contributed by atoms with Gasteiger partial charge in [-0.25, -0.2) is 9.78 Å².